The van der Waals surface area contributed by atoms with Gasteiger partial charge in [0.25, 0.3) is 0 Å². The van der Waals surface area contributed by atoms with E-state index in [0.29, 0.717) is 29.4 Å². The predicted octanol–water partition coefficient (Wildman–Crippen LogP) is 4.42. The van der Waals surface area contributed by atoms with Crippen molar-refractivity contribution in [3.8, 4) is 5.75 Å². The largest absolute Gasteiger partial charge is 0.493 e. The molecule has 0 aromatic heterocycles. The Balaban J connectivity index is 3.06. The van der Waals surface area contributed by atoms with Crippen molar-refractivity contribution in [2.75, 3.05) is 6.61 Å². The van der Waals surface area contributed by atoms with Gasteiger partial charge in [-0.15, -0.1) is 0 Å². The number of aryl methyl sites for hydroxylation is 1. The second-order valence-corrected chi connectivity index (χ2v) is 4.53. The summed E-state index contributed by atoms with van der Waals surface area (Å²) in [6.45, 7) is 6.55. The molecule has 0 spiro atoms. The maximum absolute atomic E-state index is 12.0. The highest BCUT2D eigenvalue weighted by Gasteiger charge is 2.14. The van der Waals surface area contributed by atoms with Crippen molar-refractivity contribution in [3.63, 3.8) is 0 Å². The zero-order valence-corrected chi connectivity index (χ0v) is 11.4. The van der Waals surface area contributed by atoms with Gasteiger partial charge in [-0.3, -0.25) is 4.79 Å². The van der Waals surface area contributed by atoms with E-state index in [0.717, 1.165) is 18.4 Å². The van der Waals surface area contributed by atoms with Crippen molar-refractivity contribution in [2.24, 2.45) is 0 Å². The van der Waals surface area contributed by atoms with Gasteiger partial charge in [0.15, 0.2) is 5.78 Å². The fraction of sp³-hybridized carbons (Fsp3) is 0.500. The first-order valence-corrected chi connectivity index (χ1v) is 6.44. The number of benzene rings is 1. The standard InChI is InChI=1S/C14H19ClO2/c1-4-6-13(16)11-9-12(15)10(3)8-14(11)17-7-5-2/h8-9H,4-7H2,1-3H3. The van der Waals surface area contributed by atoms with Crippen molar-refractivity contribution >= 4 is 17.4 Å². The summed E-state index contributed by atoms with van der Waals surface area (Å²) in [6.07, 6.45) is 2.28. The molecule has 0 N–H and O–H groups in total. The minimum Gasteiger partial charge on any atom is -0.493 e. The number of hydrogen-bond acceptors (Lipinski definition) is 2. The lowest BCUT2D eigenvalue weighted by Crippen LogP contribution is -2.05. The molecule has 0 amide bonds. The molecule has 0 aliphatic rings. The second-order valence-electron chi connectivity index (χ2n) is 4.12. The molecule has 0 bridgehead atoms. The van der Waals surface area contributed by atoms with Gasteiger partial charge in [0, 0.05) is 11.4 Å². The van der Waals surface area contributed by atoms with E-state index in [4.69, 9.17) is 16.3 Å². The topological polar surface area (TPSA) is 26.3 Å². The molecule has 0 heterocycles. The van der Waals surface area contributed by atoms with E-state index in [2.05, 4.69) is 0 Å². The highest BCUT2D eigenvalue weighted by atomic mass is 35.5. The number of halogens is 1. The second kappa shape index (κ2) is 6.65. The molecular weight excluding hydrogens is 236 g/mol. The van der Waals surface area contributed by atoms with Crippen molar-refractivity contribution in [1.82, 2.24) is 0 Å². The van der Waals surface area contributed by atoms with Crippen LogP contribution in [-0.4, -0.2) is 12.4 Å². The Kier molecular flexibility index (Phi) is 5.49. The molecule has 17 heavy (non-hydrogen) atoms. The summed E-state index contributed by atoms with van der Waals surface area (Å²) in [6, 6.07) is 3.57. The van der Waals surface area contributed by atoms with Crippen LogP contribution in [0.1, 0.15) is 49.0 Å². The molecule has 0 radical (unpaired) electrons. The Bertz CT molecular complexity index is 399. The molecule has 1 aromatic rings. The Morgan fingerprint density at radius 3 is 2.59 bits per heavy atom. The van der Waals surface area contributed by atoms with E-state index in [1.807, 2.05) is 26.8 Å². The summed E-state index contributed by atoms with van der Waals surface area (Å²) in [7, 11) is 0. The molecule has 94 valence electrons. The number of rotatable bonds is 6. The fourth-order valence-electron chi connectivity index (χ4n) is 1.57. The van der Waals surface area contributed by atoms with Gasteiger partial charge in [-0.05, 0) is 37.5 Å². The average Bonchev–Trinajstić information content (AvgIpc) is 2.30. The van der Waals surface area contributed by atoms with Gasteiger partial charge >= 0.3 is 0 Å². The number of carbonyl (C=O) groups is 1. The van der Waals surface area contributed by atoms with Crippen LogP contribution in [0.3, 0.4) is 0 Å². The number of ketones is 1. The predicted molar refractivity (Wildman–Crippen MR) is 71.2 cm³/mol. The van der Waals surface area contributed by atoms with Crippen LogP contribution in [0.4, 0.5) is 0 Å². The highest BCUT2D eigenvalue weighted by molar-refractivity contribution is 6.31. The van der Waals surface area contributed by atoms with Crippen LogP contribution in [0, 0.1) is 6.92 Å². The normalized spacial score (nSPS) is 10.4. The summed E-state index contributed by atoms with van der Waals surface area (Å²) in [5.41, 5.74) is 1.54. The van der Waals surface area contributed by atoms with E-state index < -0.39 is 0 Å². The Labute approximate surface area is 108 Å². The van der Waals surface area contributed by atoms with Crippen LogP contribution in [0.15, 0.2) is 12.1 Å². The van der Waals surface area contributed by atoms with Crippen molar-refractivity contribution in [3.05, 3.63) is 28.3 Å². The van der Waals surface area contributed by atoms with Crippen LogP contribution in [0.5, 0.6) is 5.75 Å². The number of carbonyl (C=O) groups excluding carboxylic acids is 1. The first-order chi connectivity index (χ1) is 8.10. The van der Waals surface area contributed by atoms with Gasteiger partial charge in [0.05, 0.1) is 12.2 Å². The molecule has 0 unspecified atom stereocenters. The monoisotopic (exact) mass is 254 g/mol. The number of ether oxygens (including phenoxy) is 1. The lowest BCUT2D eigenvalue weighted by molar-refractivity contribution is 0.0977. The first-order valence-electron chi connectivity index (χ1n) is 6.06. The summed E-state index contributed by atoms with van der Waals surface area (Å²) < 4.78 is 5.61. The van der Waals surface area contributed by atoms with E-state index >= 15 is 0 Å². The van der Waals surface area contributed by atoms with Gasteiger partial charge in [0.1, 0.15) is 5.75 Å². The lowest BCUT2D eigenvalue weighted by Gasteiger charge is -2.12. The molecule has 3 heteroatoms. The minimum absolute atomic E-state index is 0.0977. The maximum Gasteiger partial charge on any atom is 0.166 e. The van der Waals surface area contributed by atoms with Crippen molar-refractivity contribution in [1.29, 1.82) is 0 Å². The Morgan fingerprint density at radius 2 is 2.00 bits per heavy atom. The third-order valence-electron chi connectivity index (χ3n) is 2.50. The molecule has 0 aliphatic carbocycles. The zero-order valence-electron chi connectivity index (χ0n) is 10.7. The van der Waals surface area contributed by atoms with Gasteiger partial charge < -0.3 is 4.74 Å². The summed E-state index contributed by atoms with van der Waals surface area (Å²) >= 11 is 6.06. The van der Waals surface area contributed by atoms with Crippen LogP contribution < -0.4 is 4.74 Å². The van der Waals surface area contributed by atoms with Crippen LogP contribution in [0.2, 0.25) is 5.02 Å². The van der Waals surface area contributed by atoms with E-state index in [1.54, 1.807) is 6.07 Å². The number of hydrogen-bond donors (Lipinski definition) is 0. The first kappa shape index (κ1) is 14.0. The molecular formula is C14H19ClO2. The minimum atomic E-state index is 0.0977. The Morgan fingerprint density at radius 1 is 1.29 bits per heavy atom. The molecule has 0 saturated carbocycles. The SMILES string of the molecule is CCCOc1cc(C)c(Cl)cc1C(=O)CCC. The van der Waals surface area contributed by atoms with E-state index in [-0.39, 0.29) is 5.78 Å². The van der Waals surface area contributed by atoms with Crippen LogP contribution >= 0.6 is 11.6 Å². The van der Waals surface area contributed by atoms with Crippen molar-refractivity contribution < 1.29 is 9.53 Å². The molecule has 0 saturated heterocycles. The molecule has 0 aliphatic heterocycles. The van der Waals surface area contributed by atoms with E-state index in [1.165, 1.54) is 0 Å². The zero-order chi connectivity index (χ0) is 12.8. The molecule has 1 rings (SSSR count). The fourth-order valence-corrected chi connectivity index (χ4v) is 1.73. The third kappa shape index (κ3) is 3.74. The Hall–Kier alpha value is -1.02. The van der Waals surface area contributed by atoms with Crippen LogP contribution in [0.25, 0.3) is 0 Å². The molecule has 0 fully saturated rings. The average molecular weight is 255 g/mol. The summed E-state index contributed by atoms with van der Waals surface area (Å²) in [5, 5.41) is 0.619. The lowest BCUT2D eigenvalue weighted by atomic mass is 10.0. The molecule has 0 atom stereocenters. The van der Waals surface area contributed by atoms with Gasteiger partial charge in [-0.2, -0.15) is 0 Å². The van der Waals surface area contributed by atoms with Crippen LogP contribution in [-0.2, 0) is 0 Å². The smallest absolute Gasteiger partial charge is 0.166 e. The van der Waals surface area contributed by atoms with Crippen molar-refractivity contribution in [2.45, 2.75) is 40.0 Å². The third-order valence-corrected chi connectivity index (χ3v) is 2.91. The quantitative estimate of drug-likeness (QED) is 0.703. The highest BCUT2D eigenvalue weighted by Crippen LogP contribution is 2.28. The van der Waals surface area contributed by atoms with E-state index in [9.17, 15) is 4.79 Å². The van der Waals surface area contributed by atoms with Gasteiger partial charge in [0.2, 0.25) is 0 Å². The molecule has 1 aromatic carbocycles. The summed E-state index contributed by atoms with van der Waals surface area (Å²) in [4.78, 5) is 12.0. The van der Waals surface area contributed by atoms with Gasteiger partial charge in [-0.1, -0.05) is 25.4 Å². The van der Waals surface area contributed by atoms with Gasteiger partial charge in [-0.25, -0.2) is 0 Å². The number of Topliss-reactive ketones (excluding diaryl/α,β-unsaturated/α-hetero) is 1. The summed E-state index contributed by atoms with van der Waals surface area (Å²) in [5.74, 6) is 0.757. The molecule has 2 nitrogen and oxygen atoms in total. The maximum atomic E-state index is 12.0.